The molecular weight excluding hydrogens is 240 g/mol. The van der Waals surface area contributed by atoms with Gasteiger partial charge in [0.2, 0.25) is 0 Å². The van der Waals surface area contributed by atoms with Crippen LogP contribution in [0.3, 0.4) is 0 Å². The van der Waals surface area contributed by atoms with Crippen molar-refractivity contribution in [2.75, 3.05) is 7.11 Å². The van der Waals surface area contributed by atoms with Crippen molar-refractivity contribution >= 4 is 12.3 Å². The van der Waals surface area contributed by atoms with Crippen LogP contribution in [0.5, 0.6) is 0 Å². The number of aldehydes is 1. The van der Waals surface area contributed by atoms with Crippen LogP contribution >= 0.6 is 0 Å². The van der Waals surface area contributed by atoms with Gasteiger partial charge in [0.25, 0.3) is 0 Å². The molecule has 0 aromatic heterocycles. The maximum Gasteiger partial charge on any atom is 0.315 e. The molecular formula is C16H22O3. The van der Waals surface area contributed by atoms with Gasteiger partial charge in [-0.2, -0.15) is 0 Å². The maximum absolute atomic E-state index is 12.1. The van der Waals surface area contributed by atoms with Crippen LogP contribution in [-0.4, -0.2) is 19.4 Å². The van der Waals surface area contributed by atoms with Crippen molar-refractivity contribution in [1.29, 1.82) is 0 Å². The Morgan fingerprint density at radius 2 is 2.11 bits per heavy atom. The number of carbonyl (C=O) groups excluding carboxylic acids is 2. The smallest absolute Gasteiger partial charge is 0.315 e. The molecule has 0 fully saturated rings. The van der Waals surface area contributed by atoms with Crippen LogP contribution in [0.25, 0.3) is 0 Å². The lowest BCUT2D eigenvalue weighted by Crippen LogP contribution is -2.33. The van der Waals surface area contributed by atoms with Gasteiger partial charge >= 0.3 is 5.97 Å². The molecule has 1 unspecified atom stereocenters. The van der Waals surface area contributed by atoms with Crippen molar-refractivity contribution in [2.45, 2.75) is 44.9 Å². The summed E-state index contributed by atoms with van der Waals surface area (Å²) in [5, 5.41) is 0. The highest BCUT2D eigenvalue weighted by Gasteiger charge is 2.35. The van der Waals surface area contributed by atoms with E-state index in [0.717, 1.165) is 30.3 Å². The van der Waals surface area contributed by atoms with E-state index in [-0.39, 0.29) is 5.97 Å². The Kier molecular flexibility index (Phi) is 5.74. The second-order valence-electron chi connectivity index (χ2n) is 5.11. The number of carbonyl (C=O) groups is 2. The van der Waals surface area contributed by atoms with Gasteiger partial charge in [-0.3, -0.25) is 4.79 Å². The van der Waals surface area contributed by atoms with Crippen LogP contribution in [0.4, 0.5) is 0 Å². The number of unbranched alkanes of at least 4 members (excludes halogenated alkanes) is 2. The van der Waals surface area contributed by atoms with Gasteiger partial charge in [-0.25, -0.2) is 0 Å². The minimum atomic E-state index is -0.635. The molecule has 0 saturated carbocycles. The highest BCUT2D eigenvalue weighted by molar-refractivity contribution is 5.82. The minimum absolute atomic E-state index is 0.218. The fourth-order valence-electron chi connectivity index (χ4n) is 2.28. The fraction of sp³-hybridized carbons (Fsp3) is 0.500. The summed E-state index contributed by atoms with van der Waals surface area (Å²) in [6.45, 7) is 3.92. The molecule has 0 saturated heterocycles. The van der Waals surface area contributed by atoms with Gasteiger partial charge in [-0.1, -0.05) is 36.2 Å². The average molecular weight is 262 g/mol. The zero-order valence-corrected chi connectivity index (χ0v) is 11.9. The minimum Gasteiger partial charge on any atom is -0.468 e. The third-order valence-electron chi connectivity index (χ3n) is 3.54. The third kappa shape index (κ3) is 3.91. The van der Waals surface area contributed by atoms with Gasteiger partial charge in [0.1, 0.15) is 6.29 Å². The molecule has 19 heavy (non-hydrogen) atoms. The Balaban J connectivity index is 2.92. The highest BCUT2D eigenvalue weighted by Crippen LogP contribution is 2.31. The lowest BCUT2D eigenvalue weighted by atomic mass is 9.77. The summed E-state index contributed by atoms with van der Waals surface area (Å²) in [7, 11) is 1.42. The normalized spacial score (nSPS) is 13.6. The van der Waals surface area contributed by atoms with Gasteiger partial charge in [0.15, 0.2) is 0 Å². The van der Waals surface area contributed by atoms with Crippen LogP contribution in [0.1, 0.15) is 43.7 Å². The molecule has 0 aliphatic rings. The summed E-state index contributed by atoms with van der Waals surface area (Å²) in [6.07, 6.45) is 3.80. The largest absolute Gasteiger partial charge is 0.468 e. The van der Waals surface area contributed by atoms with E-state index in [1.54, 1.807) is 0 Å². The maximum atomic E-state index is 12.1. The summed E-state index contributed by atoms with van der Waals surface area (Å²) in [4.78, 5) is 22.5. The standard InChI is InChI=1S/C16H22O3/c1-13-8-7-9-14(12-13)16(2,15(18)19-3)10-5-4-6-11-17/h7-9,11-12H,4-6,10H2,1-3H3. The van der Waals surface area contributed by atoms with E-state index >= 15 is 0 Å². The number of benzene rings is 1. The first-order chi connectivity index (χ1) is 9.04. The number of ether oxygens (including phenoxy) is 1. The van der Waals surface area contributed by atoms with E-state index in [1.807, 2.05) is 38.1 Å². The van der Waals surface area contributed by atoms with Crippen molar-refractivity contribution in [2.24, 2.45) is 0 Å². The first-order valence-electron chi connectivity index (χ1n) is 6.64. The Morgan fingerprint density at radius 1 is 1.37 bits per heavy atom. The third-order valence-corrected chi connectivity index (χ3v) is 3.54. The van der Waals surface area contributed by atoms with E-state index in [9.17, 15) is 9.59 Å². The molecule has 0 N–H and O–H groups in total. The second kappa shape index (κ2) is 7.07. The lowest BCUT2D eigenvalue weighted by molar-refractivity contribution is -0.147. The Hall–Kier alpha value is -1.64. The van der Waals surface area contributed by atoms with Gasteiger partial charge < -0.3 is 9.53 Å². The van der Waals surface area contributed by atoms with E-state index in [4.69, 9.17) is 4.74 Å². The van der Waals surface area contributed by atoms with Crippen LogP contribution in [-0.2, 0) is 19.7 Å². The molecule has 0 spiro atoms. The first-order valence-corrected chi connectivity index (χ1v) is 6.64. The Morgan fingerprint density at radius 3 is 2.68 bits per heavy atom. The van der Waals surface area contributed by atoms with Crippen molar-refractivity contribution in [3.05, 3.63) is 35.4 Å². The molecule has 104 valence electrons. The van der Waals surface area contributed by atoms with Gasteiger partial charge in [0.05, 0.1) is 12.5 Å². The molecule has 0 bridgehead atoms. The van der Waals surface area contributed by atoms with Crippen LogP contribution in [0.15, 0.2) is 24.3 Å². The van der Waals surface area contributed by atoms with Crippen molar-refractivity contribution in [3.8, 4) is 0 Å². The Bertz CT molecular complexity index is 439. The molecule has 1 aromatic rings. The number of esters is 1. The monoisotopic (exact) mass is 262 g/mol. The molecule has 0 heterocycles. The molecule has 0 aliphatic heterocycles. The SMILES string of the molecule is COC(=O)C(C)(CCCCC=O)c1cccc(C)c1. The quantitative estimate of drug-likeness (QED) is 0.430. The number of hydrogen-bond acceptors (Lipinski definition) is 3. The summed E-state index contributed by atoms with van der Waals surface area (Å²) >= 11 is 0. The number of hydrogen-bond donors (Lipinski definition) is 0. The predicted molar refractivity (Wildman–Crippen MR) is 75.1 cm³/mol. The van der Waals surface area contributed by atoms with E-state index in [1.165, 1.54) is 7.11 Å². The second-order valence-corrected chi connectivity index (χ2v) is 5.11. The molecule has 1 rings (SSSR count). The summed E-state index contributed by atoms with van der Waals surface area (Å²) < 4.78 is 4.96. The summed E-state index contributed by atoms with van der Waals surface area (Å²) in [5.74, 6) is -0.218. The lowest BCUT2D eigenvalue weighted by Gasteiger charge is -2.27. The Labute approximate surface area is 115 Å². The molecule has 0 aliphatic carbocycles. The molecule has 0 radical (unpaired) electrons. The molecule has 3 heteroatoms. The molecule has 0 amide bonds. The predicted octanol–water partition coefficient (Wildman–Crippen LogP) is 3.19. The van der Waals surface area contributed by atoms with Crippen LogP contribution in [0, 0.1) is 6.92 Å². The number of aryl methyl sites for hydroxylation is 1. The zero-order chi connectivity index (χ0) is 14.3. The van der Waals surface area contributed by atoms with Gasteiger partial charge in [0, 0.05) is 6.42 Å². The highest BCUT2D eigenvalue weighted by atomic mass is 16.5. The number of methoxy groups -OCH3 is 1. The molecule has 3 nitrogen and oxygen atoms in total. The van der Waals surface area contributed by atoms with E-state index in [2.05, 4.69) is 0 Å². The van der Waals surface area contributed by atoms with Crippen molar-refractivity contribution < 1.29 is 14.3 Å². The number of rotatable bonds is 7. The van der Waals surface area contributed by atoms with Gasteiger partial charge in [-0.05, 0) is 32.3 Å². The average Bonchev–Trinajstić information content (AvgIpc) is 2.42. The van der Waals surface area contributed by atoms with Crippen LogP contribution in [0.2, 0.25) is 0 Å². The zero-order valence-electron chi connectivity index (χ0n) is 11.9. The molecule has 1 atom stereocenters. The first kappa shape index (κ1) is 15.4. The van der Waals surface area contributed by atoms with Crippen LogP contribution < -0.4 is 0 Å². The summed E-state index contributed by atoms with van der Waals surface area (Å²) in [6, 6.07) is 7.95. The van der Waals surface area contributed by atoms with Gasteiger partial charge in [-0.15, -0.1) is 0 Å². The topological polar surface area (TPSA) is 43.4 Å². The van der Waals surface area contributed by atoms with Crippen molar-refractivity contribution in [3.63, 3.8) is 0 Å². The molecule has 1 aromatic carbocycles. The van der Waals surface area contributed by atoms with E-state index in [0.29, 0.717) is 12.8 Å². The van der Waals surface area contributed by atoms with Crippen molar-refractivity contribution in [1.82, 2.24) is 0 Å². The van der Waals surface area contributed by atoms with E-state index < -0.39 is 5.41 Å². The fourth-order valence-corrected chi connectivity index (χ4v) is 2.28. The summed E-state index contributed by atoms with van der Waals surface area (Å²) in [5.41, 5.74) is 1.47.